The van der Waals surface area contributed by atoms with Gasteiger partial charge in [-0.25, -0.2) is 9.97 Å². The molecular weight excluding hydrogens is 344 g/mol. The van der Waals surface area contributed by atoms with Crippen molar-refractivity contribution in [3.05, 3.63) is 55.9 Å². The summed E-state index contributed by atoms with van der Waals surface area (Å²) in [5.74, 6) is 1.39. The van der Waals surface area contributed by atoms with Crippen LogP contribution in [0.5, 0.6) is 0 Å². The lowest BCUT2D eigenvalue weighted by atomic mass is 10.1. The molecule has 5 nitrogen and oxygen atoms in total. The van der Waals surface area contributed by atoms with Gasteiger partial charge in [0.2, 0.25) is 0 Å². The number of halogens is 1. The SMILES string of the molecule is O=c1[nH]c(C2CC2)nc2c1CN(Cc1ccc(Br)nc1)CC2. The quantitative estimate of drug-likeness (QED) is 0.853. The summed E-state index contributed by atoms with van der Waals surface area (Å²) in [6.07, 6.45) is 5.04. The third-order valence-electron chi connectivity index (χ3n) is 4.32. The number of nitrogens with one attached hydrogen (secondary N) is 1. The first-order chi connectivity index (χ1) is 10.7. The van der Waals surface area contributed by atoms with Crippen molar-refractivity contribution in [3.8, 4) is 0 Å². The second-order valence-electron chi connectivity index (χ2n) is 6.10. The molecule has 2 aliphatic rings. The lowest BCUT2D eigenvalue weighted by molar-refractivity contribution is 0.241. The highest BCUT2D eigenvalue weighted by atomic mass is 79.9. The Kier molecular flexibility index (Phi) is 3.58. The van der Waals surface area contributed by atoms with Crippen LogP contribution >= 0.6 is 15.9 Å². The summed E-state index contributed by atoms with van der Waals surface area (Å²) >= 11 is 3.35. The lowest BCUT2D eigenvalue weighted by Crippen LogP contribution is -2.35. The number of aromatic amines is 1. The zero-order valence-electron chi connectivity index (χ0n) is 12.2. The highest BCUT2D eigenvalue weighted by molar-refractivity contribution is 9.10. The molecule has 0 amide bonds. The van der Waals surface area contributed by atoms with Gasteiger partial charge in [-0.1, -0.05) is 6.07 Å². The number of hydrogen-bond acceptors (Lipinski definition) is 4. The predicted molar refractivity (Wildman–Crippen MR) is 86.6 cm³/mol. The maximum Gasteiger partial charge on any atom is 0.255 e. The van der Waals surface area contributed by atoms with E-state index >= 15 is 0 Å². The Labute approximate surface area is 136 Å². The van der Waals surface area contributed by atoms with E-state index in [0.717, 1.165) is 59.6 Å². The predicted octanol–water partition coefficient (Wildman–Crippen LogP) is 2.36. The molecule has 4 rings (SSSR count). The van der Waals surface area contributed by atoms with Gasteiger partial charge in [0.1, 0.15) is 10.4 Å². The molecule has 0 radical (unpaired) electrons. The summed E-state index contributed by atoms with van der Waals surface area (Å²) < 4.78 is 0.841. The fraction of sp³-hybridized carbons (Fsp3) is 0.438. The van der Waals surface area contributed by atoms with Gasteiger partial charge in [-0.05, 0) is 40.4 Å². The number of nitrogens with zero attached hydrogens (tertiary/aromatic N) is 3. The molecule has 22 heavy (non-hydrogen) atoms. The zero-order chi connectivity index (χ0) is 15.1. The molecule has 114 valence electrons. The number of aromatic nitrogens is 3. The van der Waals surface area contributed by atoms with E-state index in [0.29, 0.717) is 12.5 Å². The highest BCUT2D eigenvalue weighted by Crippen LogP contribution is 2.37. The molecule has 6 heteroatoms. The average molecular weight is 361 g/mol. The van der Waals surface area contributed by atoms with Crippen LogP contribution in [0.3, 0.4) is 0 Å². The van der Waals surface area contributed by atoms with Gasteiger partial charge in [-0.2, -0.15) is 0 Å². The van der Waals surface area contributed by atoms with Crippen LogP contribution < -0.4 is 5.56 Å². The van der Waals surface area contributed by atoms with Crippen molar-refractivity contribution in [1.82, 2.24) is 19.9 Å². The van der Waals surface area contributed by atoms with Crippen LogP contribution in [0.2, 0.25) is 0 Å². The molecule has 1 aliphatic carbocycles. The fourth-order valence-electron chi connectivity index (χ4n) is 2.94. The van der Waals surface area contributed by atoms with Gasteiger partial charge in [0.25, 0.3) is 5.56 Å². The maximum absolute atomic E-state index is 12.3. The Bertz CT molecular complexity index is 752. The normalized spacial score (nSPS) is 18.2. The van der Waals surface area contributed by atoms with Crippen LogP contribution in [0.15, 0.2) is 27.7 Å². The third kappa shape index (κ3) is 2.85. The summed E-state index contributed by atoms with van der Waals surface area (Å²) in [6, 6.07) is 4.01. The summed E-state index contributed by atoms with van der Waals surface area (Å²) in [4.78, 5) is 26.5. The van der Waals surface area contributed by atoms with Crippen LogP contribution in [0.25, 0.3) is 0 Å². The first-order valence-electron chi connectivity index (χ1n) is 7.64. The van der Waals surface area contributed by atoms with Gasteiger partial charge in [-0.3, -0.25) is 9.69 Å². The van der Waals surface area contributed by atoms with Crippen LogP contribution in [-0.4, -0.2) is 26.4 Å². The van der Waals surface area contributed by atoms with Gasteiger partial charge >= 0.3 is 0 Å². The molecule has 1 aliphatic heterocycles. The van der Waals surface area contributed by atoms with E-state index in [9.17, 15) is 4.79 Å². The number of H-pyrrole nitrogens is 1. The van der Waals surface area contributed by atoms with Gasteiger partial charge in [0.05, 0.1) is 11.3 Å². The Balaban J connectivity index is 1.53. The number of rotatable bonds is 3. The Morgan fingerprint density at radius 3 is 2.95 bits per heavy atom. The van der Waals surface area contributed by atoms with Crippen LogP contribution in [0, 0.1) is 0 Å². The second kappa shape index (κ2) is 5.59. The van der Waals surface area contributed by atoms with E-state index in [4.69, 9.17) is 0 Å². The number of hydrogen-bond donors (Lipinski definition) is 1. The summed E-state index contributed by atoms with van der Waals surface area (Å²) in [5.41, 5.74) is 3.03. The first kappa shape index (κ1) is 14.1. The van der Waals surface area contributed by atoms with Gasteiger partial charge in [0.15, 0.2) is 0 Å². The minimum Gasteiger partial charge on any atom is -0.310 e. The molecule has 1 saturated carbocycles. The average Bonchev–Trinajstić information content (AvgIpc) is 3.35. The molecule has 0 bridgehead atoms. The maximum atomic E-state index is 12.3. The van der Waals surface area contributed by atoms with Gasteiger partial charge < -0.3 is 4.98 Å². The van der Waals surface area contributed by atoms with Crippen molar-refractivity contribution in [2.45, 2.75) is 38.3 Å². The van der Waals surface area contributed by atoms with E-state index in [2.05, 4.69) is 41.8 Å². The number of fused-ring (bicyclic) bond motifs is 1. The minimum absolute atomic E-state index is 0.0468. The smallest absolute Gasteiger partial charge is 0.255 e. The zero-order valence-corrected chi connectivity index (χ0v) is 13.8. The molecule has 2 aromatic rings. The highest BCUT2D eigenvalue weighted by Gasteiger charge is 2.29. The molecular formula is C16H17BrN4O. The monoisotopic (exact) mass is 360 g/mol. The number of pyridine rings is 1. The molecule has 1 N–H and O–H groups in total. The molecule has 0 aromatic carbocycles. The Hall–Kier alpha value is -1.53. The molecule has 0 spiro atoms. The van der Waals surface area contributed by atoms with Crippen LogP contribution in [0.4, 0.5) is 0 Å². The van der Waals surface area contributed by atoms with E-state index in [1.165, 1.54) is 0 Å². The lowest BCUT2D eigenvalue weighted by Gasteiger charge is -2.27. The minimum atomic E-state index is 0.0468. The van der Waals surface area contributed by atoms with Crippen LogP contribution in [0.1, 0.15) is 41.4 Å². The largest absolute Gasteiger partial charge is 0.310 e. The molecule has 0 atom stereocenters. The van der Waals surface area contributed by atoms with Gasteiger partial charge in [-0.15, -0.1) is 0 Å². The topological polar surface area (TPSA) is 61.9 Å². The molecule has 3 heterocycles. The molecule has 1 fully saturated rings. The molecule has 0 unspecified atom stereocenters. The van der Waals surface area contributed by atoms with Crippen LogP contribution in [-0.2, 0) is 19.5 Å². The second-order valence-corrected chi connectivity index (χ2v) is 6.91. The van der Waals surface area contributed by atoms with E-state index in [-0.39, 0.29) is 5.56 Å². The first-order valence-corrected chi connectivity index (χ1v) is 8.43. The van der Waals surface area contributed by atoms with E-state index in [1.54, 1.807) is 0 Å². The van der Waals surface area contributed by atoms with Crippen molar-refractivity contribution >= 4 is 15.9 Å². The van der Waals surface area contributed by atoms with E-state index < -0.39 is 0 Å². The van der Waals surface area contributed by atoms with E-state index in [1.807, 2.05) is 12.3 Å². The Morgan fingerprint density at radius 2 is 2.23 bits per heavy atom. The summed E-state index contributed by atoms with van der Waals surface area (Å²) in [7, 11) is 0. The fourth-order valence-corrected chi connectivity index (χ4v) is 3.18. The van der Waals surface area contributed by atoms with Crippen molar-refractivity contribution in [2.24, 2.45) is 0 Å². The molecule has 0 saturated heterocycles. The van der Waals surface area contributed by atoms with Crippen molar-refractivity contribution < 1.29 is 0 Å². The summed E-state index contributed by atoms with van der Waals surface area (Å²) in [5, 5.41) is 0. The van der Waals surface area contributed by atoms with Crippen molar-refractivity contribution in [1.29, 1.82) is 0 Å². The van der Waals surface area contributed by atoms with Gasteiger partial charge in [0, 0.05) is 38.2 Å². The standard InChI is InChI=1S/C16H17BrN4O/c17-14-4-1-10(7-18-14)8-21-6-5-13-12(9-21)16(22)20-15(19-13)11-2-3-11/h1,4,7,11H,2-3,5-6,8-9H2,(H,19,20,22). The van der Waals surface area contributed by atoms with Crippen molar-refractivity contribution in [2.75, 3.05) is 6.54 Å². The molecule has 2 aromatic heterocycles. The third-order valence-corrected chi connectivity index (χ3v) is 4.79. The van der Waals surface area contributed by atoms with Crippen molar-refractivity contribution in [3.63, 3.8) is 0 Å². The Morgan fingerprint density at radius 1 is 1.36 bits per heavy atom. The summed E-state index contributed by atoms with van der Waals surface area (Å²) in [6.45, 7) is 2.41.